The van der Waals surface area contributed by atoms with Gasteiger partial charge < -0.3 is 24.4 Å². The summed E-state index contributed by atoms with van der Waals surface area (Å²) in [7, 11) is 0. The highest BCUT2D eigenvalue weighted by atomic mass is 16.6. The van der Waals surface area contributed by atoms with Crippen LogP contribution in [-0.2, 0) is 19.0 Å². The first-order chi connectivity index (χ1) is 16.3. The minimum Gasteiger partial charge on any atom is -0.491 e. The number of carbonyl (C=O) groups excluding carboxylic acids is 1. The second kappa shape index (κ2) is 9.43. The third kappa shape index (κ3) is 5.86. The summed E-state index contributed by atoms with van der Waals surface area (Å²) in [5.41, 5.74) is -4.14. The number of rotatable bonds is 10. The summed E-state index contributed by atoms with van der Waals surface area (Å²) in [5, 5.41) is 21.8. The second-order valence-electron chi connectivity index (χ2n) is 13.7. The predicted molar refractivity (Wildman–Crippen MR) is 141 cm³/mol. The maximum Gasteiger partial charge on any atom is 0.338 e. The van der Waals surface area contributed by atoms with Crippen LogP contribution in [0.15, 0.2) is 24.5 Å². The molecule has 0 aromatic carbocycles. The van der Waals surface area contributed by atoms with Gasteiger partial charge in [0.05, 0.1) is 23.1 Å². The number of carbonyl (C=O) groups is 1. The second-order valence-corrected chi connectivity index (χ2v) is 13.7. The topological polar surface area (TPSA) is 88.5 Å². The van der Waals surface area contributed by atoms with E-state index in [1.807, 2.05) is 34.6 Å². The number of aliphatic hydroxyl groups is 2. The van der Waals surface area contributed by atoms with Crippen LogP contribution in [0.1, 0.15) is 107 Å². The molecule has 0 bridgehead atoms. The Labute approximate surface area is 218 Å². The largest absolute Gasteiger partial charge is 0.491 e. The van der Waals surface area contributed by atoms with Gasteiger partial charge in [0.2, 0.25) is 0 Å². The number of hydrogen-bond acceptors (Lipinski definition) is 6. The van der Waals surface area contributed by atoms with E-state index in [1.54, 1.807) is 12.2 Å². The lowest BCUT2D eigenvalue weighted by Crippen LogP contribution is -2.47. The summed E-state index contributed by atoms with van der Waals surface area (Å²) < 4.78 is 18.4. The zero-order chi connectivity index (χ0) is 27.4. The molecule has 3 aliphatic rings. The standard InChI is InChI=1S/C30H50O6/c1-20(2)29(33)16-12-26(8,13-17-29)36-24(31)27(9,32)14-11-25(6,7)22(5)34-30(21(3)4)18-15-28(10)23(19-30)35-28/h12,16,20-21,23,32-33H,5,11,13-15,17-19H2,1-4,6-10H3. The monoisotopic (exact) mass is 506 g/mol. The first kappa shape index (κ1) is 29.2. The van der Waals surface area contributed by atoms with Crippen LogP contribution in [0, 0.1) is 17.3 Å². The van der Waals surface area contributed by atoms with Gasteiger partial charge in [-0.2, -0.15) is 0 Å². The van der Waals surface area contributed by atoms with Gasteiger partial charge in [-0.05, 0) is 77.2 Å². The highest BCUT2D eigenvalue weighted by Crippen LogP contribution is 2.55. The fourth-order valence-electron chi connectivity index (χ4n) is 5.38. The van der Waals surface area contributed by atoms with E-state index in [-0.39, 0.29) is 29.6 Å². The normalized spacial score (nSPS) is 37.9. The smallest absolute Gasteiger partial charge is 0.338 e. The number of allylic oxidation sites excluding steroid dienone is 1. The van der Waals surface area contributed by atoms with Crippen molar-refractivity contribution in [3.8, 4) is 0 Å². The molecule has 206 valence electrons. The highest BCUT2D eigenvalue weighted by molar-refractivity contribution is 5.79. The summed E-state index contributed by atoms with van der Waals surface area (Å²) in [6, 6.07) is 0. The Balaban J connectivity index is 1.59. The van der Waals surface area contributed by atoms with Crippen LogP contribution in [0.2, 0.25) is 0 Å². The van der Waals surface area contributed by atoms with Crippen molar-refractivity contribution in [1.29, 1.82) is 0 Å². The number of ether oxygens (including phenoxy) is 3. The van der Waals surface area contributed by atoms with Crippen LogP contribution >= 0.6 is 0 Å². The molecule has 1 saturated heterocycles. The van der Waals surface area contributed by atoms with Crippen LogP contribution in [-0.4, -0.2) is 50.3 Å². The fourth-order valence-corrected chi connectivity index (χ4v) is 5.38. The van der Waals surface area contributed by atoms with Crippen LogP contribution in [0.3, 0.4) is 0 Å². The molecule has 0 spiro atoms. The molecule has 2 aliphatic carbocycles. The Kier molecular flexibility index (Phi) is 7.64. The van der Waals surface area contributed by atoms with Crippen molar-refractivity contribution in [3.05, 3.63) is 24.5 Å². The average molecular weight is 507 g/mol. The van der Waals surface area contributed by atoms with Crippen molar-refractivity contribution in [2.24, 2.45) is 17.3 Å². The van der Waals surface area contributed by atoms with E-state index >= 15 is 0 Å². The van der Waals surface area contributed by atoms with Crippen molar-refractivity contribution >= 4 is 5.97 Å². The zero-order valence-corrected chi connectivity index (χ0v) is 24.1. The summed E-state index contributed by atoms with van der Waals surface area (Å²) in [6.45, 7) is 22.2. The van der Waals surface area contributed by atoms with Gasteiger partial charge >= 0.3 is 5.97 Å². The van der Waals surface area contributed by atoms with E-state index in [1.165, 1.54) is 6.92 Å². The lowest BCUT2D eigenvalue weighted by molar-refractivity contribution is -0.177. The minimum atomic E-state index is -1.65. The average Bonchev–Trinajstić information content (AvgIpc) is 3.44. The summed E-state index contributed by atoms with van der Waals surface area (Å²) >= 11 is 0. The van der Waals surface area contributed by atoms with Gasteiger partial charge in [-0.3, -0.25) is 0 Å². The van der Waals surface area contributed by atoms with Gasteiger partial charge in [-0.25, -0.2) is 4.79 Å². The lowest BCUT2D eigenvalue weighted by atomic mass is 9.73. The lowest BCUT2D eigenvalue weighted by Gasteiger charge is -2.44. The van der Waals surface area contributed by atoms with Gasteiger partial charge in [0, 0.05) is 11.8 Å². The Morgan fingerprint density at radius 1 is 1.03 bits per heavy atom. The maximum atomic E-state index is 13.0. The molecular formula is C30H50O6. The molecule has 0 amide bonds. The maximum absolute atomic E-state index is 13.0. The minimum absolute atomic E-state index is 0.00921. The van der Waals surface area contributed by atoms with Gasteiger partial charge in [-0.15, -0.1) is 0 Å². The van der Waals surface area contributed by atoms with Gasteiger partial charge in [0.15, 0.2) is 5.60 Å². The van der Waals surface area contributed by atoms with Crippen molar-refractivity contribution in [3.63, 3.8) is 0 Å². The molecule has 0 aromatic heterocycles. The van der Waals surface area contributed by atoms with E-state index < -0.39 is 28.2 Å². The predicted octanol–water partition coefficient (Wildman–Crippen LogP) is 5.85. The van der Waals surface area contributed by atoms with Crippen LogP contribution in [0.25, 0.3) is 0 Å². The SMILES string of the molecule is C=C(OC1(C(C)C)CCC2(C)OC2C1)C(C)(C)CCC(C)(O)C(=O)OC1(C)C=CC(O)(C(C)C)CC1. The van der Waals surface area contributed by atoms with E-state index in [4.69, 9.17) is 14.2 Å². The zero-order valence-electron chi connectivity index (χ0n) is 24.1. The summed E-state index contributed by atoms with van der Waals surface area (Å²) in [6.07, 6.45) is 8.23. The molecule has 0 aromatic rings. The fraction of sp³-hybridized carbons (Fsp3) is 0.833. The molecule has 1 heterocycles. The van der Waals surface area contributed by atoms with Crippen molar-refractivity contribution in [2.75, 3.05) is 0 Å². The third-order valence-electron chi connectivity index (χ3n) is 9.49. The van der Waals surface area contributed by atoms with Crippen LogP contribution in [0.5, 0.6) is 0 Å². The van der Waals surface area contributed by atoms with Crippen LogP contribution < -0.4 is 0 Å². The third-order valence-corrected chi connectivity index (χ3v) is 9.49. The van der Waals surface area contributed by atoms with E-state index in [2.05, 4.69) is 27.4 Å². The Hall–Kier alpha value is -1.37. The molecule has 1 saturated carbocycles. The van der Waals surface area contributed by atoms with E-state index in [0.717, 1.165) is 19.3 Å². The first-order valence-corrected chi connectivity index (χ1v) is 13.7. The Morgan fingerprint density at radius 3 is 2.17 bits per heavy atom. The molecule has 3 rings (SSSR count). The summed E-state index contributed by atoms with van der Waals surface area (Å²) in [5.74, 6) is 0.414. The Morgan fingerprint density at radius 2 is 1.67 bits per heavy atom. The molecule has 6 atom stereocenters. The number of fused-ring (bicyclic) bond motifs is 1. The molecule has 6 nitrogen and oxygen atoms in total. The van der Waals surface area contributed by atoms with Gasteiger partial charge in [0.25, 0.3) is 0 Å². The molecular weight excluding hydrogens is 456 g/mol. The molecule has 1 aliphatic heterocycles. The molecule has 6 heteroatoms. The number of epoxide rings is 1. The molecule has 0 radical (unpaired) electrons. The van der Waals surface area contributed by atoms with E-state index in [9.17, 15) is 15.0 Å². The summed E-state index contributed by atoms with van der Waals surface area (Å²) in [4.78, 5) is 13.0. The highest BCUT2D eigenvalue weighted by Gasteiger charge is 2.61. The van der Waals surface area contributed by atoms with Gasteiger partial charge in [-0.1, -0.05) is 54.2 Å². The first-order valence-electron chi connectivity index (χ1n) is 13.7. The van der Waals surface area contributed by atoms with Crippen molar-refractivity contribution in [2.45, 2.75) is 141 Å². The van der Waals surface area contributed by atoms with Crippen molar-refractivity contribution in [1.82, 2.24) is 0 Å². The molecule has 36 heavy (non-hydrogen) atoms. The quantitative estimate of drug-likeness (QED) is 0.167. The van der Waals surface area contributed by atoms with E-state index in [0.29, 0.717) is 30.9 Å². The van der Waals surface area contributed by atoms with Crippen molar-refractivity contribution < 1.29 is 29.2 Å². The van der Waals surface area contributed by atoms with Gasteiger partial charge in [0.1, 0.15) is 11.2 Å². The molecule has 2 fully saturated rings. The molecule has 6 unspecified atom stereocenters. The number of esters is 1. The van der Waals surface area contributed by atoms with Crippen LogP contribution in [0.4, 0.5) is 0 Å². The number of hydrogen-bond donors (Lipinski definition) is 2. The molecule has 2 N–H and O–H groups in total. The Bertz CT molecular complexity index is 888.